The van der Waals surface area contributed by atoms with Crippen LogP contribution in [-0.4, -0.2) is 29.7 Å². The van der Waals surface area contributed by atoms with E-state index in [2.05, 4.69) is 10.6 Å². The number of rotatable bonds is 7. The lowest BCUT2D eigenvalue weighted by atomic mass is 9.80. The summed E-state index contributed by atoms with van der Waals surface area (Å²) in [6, 6.07) is 0.0995. The first-order chi connectivity index (χ1) is 8.09. The number of hydrogen-bond donors (Lipinski definition) is 3. The normalized spacial score (nSPS) is 17.0. The van der Waals surface area contributed by atoms with Crippen molar-refractivity contribution in [3.8, 4) is 0 Å². The van der Waals surface area contributed by atoms with E-state index < -0.39 is 5.97 Å². The van der Waals surface area contributed by atoms with Gasteiger partial charge in [-0.1, -0.05) is 6.42 Å². The van der Waals surface area contributed by atoms with Crippen molar-refractivity contribution in [2.45, 2.75) is 51.5 Å². The largest absolute Gasteiger partial charge is 0.481 e. The zero-order valence-electron chi connectivity index (χ0n) is 10.4. The van der Waals surface area contributed by atoms with Crippen LogP contribution in [-0.2, 0) is 4.79 Å². The van der Waals surface area contributed by atoms with E-state index in [-0.39, 0.29) is 18.5 Å². The van der Waals surface area contributed by atoms with Gasteiger partial charge in [0.1, 0.15) is 0 Å². The minimum Gasteiger partial charge on any atom is -0.481 e. The van der Waals surface area contributed by atoms with Gasteiger partial charge in [-0.25, -0.2) is 4.79 Å². The quantitative estimate of drug-likeness (QED) is 0.595. The highest BCUT2D eigenvalue weighted by molar-refractivity contribution is 5.74. The maximum absolute atomic E-state index is 11.5. The van der Waals surface area contributed by atoms with E-state index in [0.717, 1.165) is 0 Å². The number of hydrogen-bond acceptors (Lipinski definition) is 2. The van der Waals surface area contributed by atoms with Crippen LogP contribution in [0.15, 0.2) is 0 Å². The Balaban J connectivity index is 1.98. The molecule has 1 rings (SSSR count). The molecule has 1 saturated carbocycles. The number of carboxylic acids is 1. The highest BCUT2D eigenvalue weighted by Crippen LogP contribution is 2.29. The molecule has 0 saturated heterocycles. The fourth-order valence-corrected chi connectivity index (χ4v) is 1.92. The van der Waals surface area contributed by atoms with Gasteiger partial charge in [-0.3, -0.25) is 4.79 Å². The number of carboxylic acid groups (broad SMARTS) is 1. The minimum absolute atomic E-state index is 0.139. The number of unbranched alkanes of at least 4 members (excludes halogenated alkanes) is 1. The van der Waals surface area contributed by atoms with Crippen LogP contribution < -0.4 is 10.6 Å². The zero-order chi connectivity index (χ0) is 12.7. The third-order valence-corrected chi connectivity index (χ3v) is 3.32. The van der Waals surface area contributed by atoms with Crippen LogP contribution >= 0.6 is 0 Å². The molecule has 1 atom stereocenters. The molecule has 1 aliphatic rings. The van der Waals surface area contributed by atoms with Gasteiger partial charge in [0.2, 0.25) is 0 Å². The summed E-state index contributed by atoms with van der Waals surface area (Å²) < 4.78 is 0. The molecular weight excluding hydrogens is 220 g/mol. The molecule has 2 amide bonds. The Hall–Kier alpha value is -1.26. The Morgan fingerprint density at radius 2 is 2.06 bits per heavy atom. The van der Waals surface area contributed by atoms with Crippen LogP contribution in [0.1, 0.15) is 45.4 Å². The molecule has 5 heteroatoms. The van der Waals surface area contributed by atoms with Gasteiger partial charge in [0.25, 0.3) is 0 Å². The van der Waals surface area contributed by atoms with Crippen LogP contribution in [0.5, 0.6) is 0 Å². The monoisotopic (exact) mass is 242 g/mol. The standard InChI is InChI=1S/C12H22N2O3/c1-9(10-5-4-6-10)14-12(17)13-8-3-2-7-11(15)16/h9-10H,2-8H2,1H3,(H,15,16)(H2,13,14,17). The van der Waals surface area contributed by atoms with Crippen LogP contribution in [0.2, 0.25) is 0 Å². The highest BCUT2D eigenvalue weighted by atomic mass is 16.4. The molecule has 0 heterocycles. The van der Waals surface area contributed by atoms with E-state index in [1.54, 1.807) is 0 Å². The lowest BCUT2D eigenvalue weighted by Crippen LogP contribution is -2.45. The second-order valence-corrected chi connectivity index (χ2v) is 4.73. The zero-order valence-corrected chi connectivity index (χ0v) is 10.4. The molecule has 0 bridgehead atoms. The predicted molar refractivity (Wildman–Crippen MR) is 64.8 cm³/mol. The number of carbonyl (C=O) groups excluding carboxylic acids is 1. The molecule has 0 aromatic carbocycles. The molecule has 1 aliphatic carbocycles. The van der Waals surface area contributed by atoms with Gasteiger partial charge in [0.05, 0.1) is 0 Å². The van der Waals surface area contributed by atoms with Crippen LogP contribution in [0, 0.1) is 5.92 Å². The van der Waals surface area contributed by atoms with Gasteiger partial charge in [-0.15, -0.1) is 0 Å². The van der Waals surface area contributed by atoms with Crippen LogP contribution in [0.4, 0.5) is 4.79 Å². The van der Waals surface area contributed by atoms with Crippen molar-refractivity contribution < 1.29 is 14.7 Å². The first kappa shape index (κ1) is 13.8. The summed E-state index contributed by atoms with van der Waals surface area (Å²) in [5.74, 6) is -0.152. The summed E-state index contributed by atoms with van der Waals surface area (Å²) in [7, 11) is 0. The average Bonchev–Trinajstić information content (AvgIpc) is 2.13. The molecule has 0 aromatic heterocycles. The summed E-state index contributed by atoms with van der Waals surface area (Å²) in [5, 5.41) is 14.1. The Morgan fingerprint density at radius 1 is 1.35 bits per heavy atom. The van der Waals surface area contributed by atoms with Gasteiger partial charge < -0.3 is 15.7 Å². The maximum Gasteiger partial charge on any atom is 0.315 e. The molecule has 0 aliphatic heterocycles. The van der Waals surface area contributed by atoms with E-state index in [9.17, 15) is 9.59 Å². The third-order valence-electron chi connectivity index (χ3n) is 3.32. The van der Waals surface area contributed by atoms with Crippen LogP contribution in [0.3, 0.4) is 0 Å². The van der Waals surface area contributed by atoms with Gasteiger partial charge in [0.15, 0.2) is 0 Å². The Bertz CT molecular complexity index is 264. The van der Waals surface area contributed by atoms with E-state index in [0.29, 0.717) is 25.3 Å². The Kier molecular flexibility index (Phi) is 5.80. The lowest BCUT2D eigenvalue weighted by Gasteiger charge is -2.31. The highest BCUT2D eigenvalue weighted by Gasteiger charge is 2.24. The average molecular weight is 242 g/mol. The van der Waals surface area contributed by atoms with Crippen molar-refractivity contribution in [2.75, 3.05) is 6.54 Å². The molecule has 0 radical (unpaired) electrons. The lowest BCUT2D eigenvalue weighted by molar-refractivity contribution is -0.137. The van der Waals surface area contributed by atoms with Crippen molar-refractivity contribution in [2.24, 2.45) is 5.92 Å². The molecule has 1 unspecified atom stereocenters. The summed E-state index contributed by atoms with van der Waals surface area (Å²) in [6.07, 6.45) is 5.17. The van der Waals surface area contributed by atoms with Crippen LogP contribution in [0.25, 0.3) is 0 Å². The molecule has 1 fully saturated rings. The first-order valence-electron chi connectivity index (χ1n) is 6.35. The summed E-state index contributed by atoms with van der Waals surface area (Å²) in [6.45, 7) is 2.57. The molecule has 17 heavy (non-hydrogen) atoms. The topological polar surface area (TPSA) is 78.4 Å². The van der Waals surface area contributed by atoms with Crippen molar-refractivity contribution in [1.29, 1.82) is 0 Å². The number of carbonyl (C=O) groups is 2. The Labute approximate surface area is 102 Å². The smallest absolute Gasteiger partial charge is 0.315 e. The van der Waals surface area contributed by atoms with E-state index in [1.807, 2.05) is 6.92 Å². The third kappa shape index (κ3) is 5.56. The predicted octanol–water partition coefficient (Wildman–Crippen LogP) is 1.73. The van der Waals surface area contributed by atoms with Gasteiger partial charge >= 0.3 is 12.0 Å². The van der Waals surface area contributed by atoms with Crippen molar-refractivity contribution in [3.63, 3.8) is 0 Å². The molecule has 5 nitrogen and oxygen atoms in total. The molecule has 3 N–H and O–H groups in total. The SMILES string of the molecule is CC(NC(=O)NCCCCC(=O)O)C1CCC1. The van der Waals surface area contributed by atoms with Crippen molar-refractivity contribution in [1.82, 2.24) is 10.6 Å². The van der Waals surface area contributed by atoms with E-state index in [4.69, 9.17) is 5.11 Å². The van der Waals surface area contributed by atoms with Crippen molar-refractivity contribution in [3.05, 3.63) is 0 Å². The van der Waals surface area contributed by atoms with E-state index in [1.165, 1.54) is 19.3 Å². The van der Waals surface area contributed by atoms with E-state index >= 15 is 0 Å². The second-order valence-electron chi connectivity index (χ2n) is 4.73. The molecule has 0 spiro atoms. The number of aliphatic carboxylic acids is 1. The van der Waals surface area contributed by atoms with Crippen molar-refractivity contribution >= 4 is 12.0 Å². The maximum atomic E-state index is 11.5. The fraction of sp³-hybridized carbons (Fsp3) is 0.833. The van der Waals surface area contributed by atoms with Gasteiger partial charge in [-0.05, 0) is 38.5 Å². The molecule has 0 aromatic rings. The van der Waals surface area contributed by atoms with Gasteiger partial charge in [-0.2, -0.15) is 0 Å². The minimum atomic E-state index is -0.784. The number of urea groups is 1. The Morgan fingerprint density at radius 3 is 2.59 bits per heavy atom. The molecular formula is C12H22N2O3. The summed E-state index contributed by atoms with van der Waals surface area (Å²) in [5.41, 5.74) is 0. The number of nitrogens with one attached hydrogen (secondary N) is 2. The summed E-state index contributed by atoms with van der Waals surface area (Å²) >= 11 is 0. The molecule has 98 valence electrons. The number of amides is 2. The summed E-state index contributed by atoms with van der Waals surface area (Å²) in [4.78, 5) is 21.7. The van der Waals surface area contributed by atoms with Gasteiger partial charge in [0, 0.05) is 19.0 Å². The first-order valence-corrected chi connectivity index (χ1v) is 6.35. The second kappa shape index (κ2) is 7.14. The fourth-order valence-electron chi connectivity index (χ4n) is 1.92.